The van der Waals surface area contributed by atoms with Gasteiger partial charge in [0.05, 0.1) is 6.61 Å². The van der Waals surface area contributed by atoms with Crippen molar-refractivity contribution in [1.82, 2.24) is 0 Å². The second kappa shape index (κ2) is 7.79. The Morgan fingerprint density at radius 1 is 1.00 bits per heavy atom. The molecule has 0 aliphatic carbocycles. The van der Waals surface area contributed by atoms with Crippen molar-refractivity contribution in [3.8, 4) is 0 Å². The standard InChI is InChI=1S/C14H19BrO10/c1-6(17)11(22)12(7(2)18,25-9(4)20)13(23,8(3)19)14(15,24)10(21)5-16/h10,16,21,23-24H,5H2,1-4H3/t10-,12+,13-,14-/m1/s1. The number of Topliss-reactive ketones (excluding diaryl/α,β-unsaturated/α-hetero) is 4. The molecule has 0 heterocycles. The van der Waals surface area contributed by atoms with Crippen molar-refractivity contribution >= 4 is 45.0 Å². The van der Waals surface area contributed by atoms with Gasteiger partial charge in [0.25, 0.3) is 11.4 Å². The molecule has 0 aromatic heterocycles. The highest BCUT2D eigenvalue weighted by molar-refractivity contribution is 9.10. The number of esters is 1. The van der Waals surface area contributed by atoms with E-state index in [0.29, 0.717) is 20.8 Å². The lowest BCUT2D eigenvalue weighted by Crippen LogP contribution is -2.79. The van der Waals surface area contributed by atoms with Crippen molar-refractivity contribution in [3.05, 3.63) is 0 Å². The number of ether oxygens (including phenoxy) is 1. The van der Waals surface area contributed by atoms with E-state index in [0.717, 1.165) is 6.92 Å². The van der Waals surface area contributed by atoms with Crippen molar-refractivity contribution in [2.75, 3.05) is 6.61 Å². The zero-order valence-electron chi connectivity index (χ0n) is 13.9. The summed E-state index contributed by atoms with van der Waals surface area (Å²) < 4.78 is 1.37. The van der Waals surface area contributed by atoms with Crippen molar-refractivity contribution in [2.45, 2.75) is 49.5 Å². The van der Waals surface area contributed by atoms with Gasteiger partial charge in [-0.1, -0.05) is 0 Å². The van der Waals surface area contributed by atoms with Crippen molar-refractivity contribution in [3.63, 3.8) is 0 Å². The zero-order chi connectivity index (χ0) is 20.4. The maximum Gasteiger partial charge on any atom is 0.304 e. The highest BCUT2D eigenvalue weighted by atomic mass is 79.9. The van der Waals surface area contributed by atoms with Gasteiger partial charge >= 0.3 is 5.97 Å². The van der Waals surface area contributed by atoms with E-state index < -0.39 is 57.5 Å². The van der Waals surface area contributed by atoms with E-state index in [1.165, 1.54) is 0 Å². The molecule has 4 N–H and O–H groups in total. The molecular weight excluding hydrogens is 408 g/mol. The largest absolute Gasteiger partial charge is 0.439 e. The Labute approximate surface area is 150 Å². The van der Waals surface area contributed by atoms with Crippen LogP contribution in [0.2, 0.25) is 0 Å². The molecule has 0 spiro atoms. The molecule has 0 aliphatic heterocycles. The number of aliphatic hydroxyl groups is 4. The Bertz CT molecular complexity index is 613. The third-order valence-corrected chi connectivity index (χ3v) is 4.68. The molecule has 0 radical (unpaired) electrons. The number of hydrogen-bond donors (Lipinski definition) is 4. The van der Waals surface area contributed by atoms with Crippen LogP contribution in [-0.4, -0.2) is 78.0 Å². The van der Waals surface area contributed by atoms with E-state index in [1.807, 2.05) is 0 Å². The Kier molecular flexibility index (Phi) is 7.31. The lowest BCUT2D eigenvalue weighted by molar-refractivity contribution is -0.232. The molecule has 10 nitrogen and oxygen atoms in total. The van der Waals surface area contributed by atoms with Crippen LogP contribution in [-0.2, 0) is 28.7 Å². The van der Waals surface area contributed by atoms with Crippen LogP contribution in [0.1, 0.15) is 27.7 Å². The monoisotopic (exact) mass is 426 g/mol. The molecular formula is C14H19BrO10. The van der Waals surface area contributed by atoms with Crippen LogP contribution < -0.4 is 0 Å². The summed E-state index contributed by atoms with van der Waals surface area (Å²) in [5.41, 5.74) is -7.15. The van der Waals surface area contributed by atoms with Crippen LogP contribution in [0.5, 0.6) is 0 Å². The second-order valence-electron chi connectivity index (χ2n) is 5.35. The minimum atomic E-state index is -3.65. The molecule has 0 saturated carbocycles. The van der Waals surface area contributed by atoms with Crippen molar-refractivity contribution < 1.29 is 49.1 Å². The molecule has 0 saturated heterocycles. The Balaban J connectivity index is 7.17. The number of aliphatic hydroxyl groups excluding tert-OH is 2. The van der Waals surface area contributed by atoms with Crippen LogP contribution in [0.3, 0.4) is 0 Å². The van der Waals surface area contributed by atoms with Gasteiger partial charge in [0.2, 0.25) is 5.60 Å². The fourth-order valence-electron chi connectivity index (χ4n) is 2.34. The molecule has 25 heavy (non-hydrogen) atoms. The quantitative estimate of drug-likeness (QED) is 0.137. The van der Waals surface area contributed by atoms with Gasteiger partial charge in [-0.2, -0.15) is 0 Å². The molecule has 0 aliphatic rings. The molecule has 4 atom stereocenters. The number of ketones is 4. The first-order valence-corrected chi connectivity index (χ1v) is 7.63. The smallest absolute Gasteiger partial charge is 0.304 e. The third-order valence-electron chi connectivity index (χ3n) is 3.57. The summed E-state index contributed by atoms with van der Waals surface area (Å²) >= 11 is 2.41. The van der Waals surface area contributed by atoms with Gasteiger partial charge in [0.1, 0.15) is 6.10 Å². The fraction of sp³-hybridized carbons (Fsp3) is 0.643. The number of hydrogen-bond acceptors (Lipinski definition) is 10. The highest BCUT2D eigenvalue weighted by Crippen LogP contribution is 2.44. The van der Waals surface area contributed by atoms with Crippen LogP contribution in [0.4, 0.5) is 0 Å². The highest BCUT2D eigenvalue weighted by Gasteiger charge is 2.75. The van der Waals surface area contributed by atoms with Crippen LogP contribution in [0, 0.1) is 0 Å². The maximum absolute atomic E-state index is 12.4. The van der Waals surface area contributed by atoms with Gasteiger partial charge < -0.3 is 25.2 Å². The number of rotatable bonds is 9. The molecule has 0 unspecified atom stereocenters. The molecule has 11 heteroatoms. The molecule has 0 bridgehead atoms. The summed E-state index contributed by atoms with van der Waals surface area (Å²) in [5, 5.41) is 40.1. The van der Waals surface area contributed by atoms with Gasteiger partial charge in [-0.3, -0.25) is 24.0 Å². The van der Waals surface area contributed by atoms with Gasteiger partial charge in [0, 0.05) is 13.8 Å². The van der Waals surface area contributed by atoms with Crippen LogP contribution in [0.15, 0.2) is 0 Å². The van der Waals surface area contributed by atoms with E-state index in [4.69, 9.17) is 5.11 Å². The minimum Gasteiger partial charge on any atom is -0.439 e. The predicted molar refractivity (Wildman–Crippen MR) is 83.5 cm³/mol. The summed E-state index contributed by atoms with van der Waals surface area (Å²) in [6, 6.07) is 0. The Morgan fingerprint density at radius 3 is 1.68 bits per heavy atom. The number of carbonyl (C=O) groups is 5. The molecule has 0 aromatic rings. The predicted octanol–water partition coefficient (Wildman–Crippen LogP) is -2.21. The van der Waals surface area contributed by atoms with E-state index in [1.54, 1.807) is 0 Å². The van der Waals surface area contributed by atoms with Crippen LogP contribution in [0.25, 0.3) is 0 Å². The van der Waals surface area contributed by atoms with E-state index in [9.17, 15) is 39.3 Å². The average Bonchev–Trinajstić information content (AvgIpc) is 2.48. The topological polar surface area (TPSA) is 175 Å². The maximum atomic E-state index is 12.4. The summed E-state index contributed by atoms with van der Waals surface area (Å²) in [6.45, 7) is 1.41. The molecule has 0 aromatic carbocycles. The molecule has 142 valence electrons. The SMILES string of the molecule is CC(=O)O[C@@](C(C)=O)(C(=O)C(C)=O)[C@](O)(C(C)=O)[C@@](O)(Br)[C@H](O)CO. The van der Waals surface area contributed by atoms with Gasteiger partial charge in [-0.15, -0.1) is 0 Å². The first-order valence-electron chi connectivity index (χ1n) is 6.84. The van der Waals surface area contributed by atoms with E-state index >= 15 is 0 Å². The van der Waals surface area contributed by atoms with Crippen molar-refractivity contribution in [2.24, 2.45) is 0 Å². The summed E-state index contributed by atoms with van der Waals surface area (Å²) in [4.78, 5) is 59.8. The van der Waals surface area contributed by atoms with Crippen LogP contribution >= 0.6 is 15.9 Å². The zero-order valence-corrected chi connectivity index (χ0v) is 15.5. The first kappa shape index (κ1) is 23.5. The lowest BCUT2D eigenvalue weighted by atomic mass is 9.68. The second-order valence-corrected chi connectivity index (χ2v) is 6.56. The minimum absolute atomic E-state index is 0.616. The summed E-state index contributed by atoms with van der Waals surface area (Å²) in [6.07, 6.45) is -2.32. The van der Waals surface area contributed by atoms with Gasteiger partial charge in [-0.05, 0) is 29.8 Å². The Morgan fingerprint density at radius 2 is 1.44 bits per heavy atom. The third kappa shape index (κ3) is 3.55. The summed E-state index contributed by atoms with van der Waals surface area (Å²) in [7, 11) is 0. The van der Waals surface area contributed by atoms with E-state index in [-0.39, 0.29) is 0 Å². The molecule has 0 rings (SSSR count). The first-order chi connectivity index (χ1) is 11.1. The van der Waals surface area contributed by atoms with Crippen molar-refractivity contribution in [1.29, 1.82) is 0 Å². The lowest BCUT2D eigenvalue weighted by Gasteiger charge is -2.48. The van der Waals surface area contributed by atoms with Gasteiger partial charge in [0.15, 0.2) is 21.9 Å². The number of carbonyl (C=O) groups excluding carboxylic acids is 5. The number of alkyl halides is 1. The molecule has 0 amide bonds. The van der Waals surface area contributed by atoms with E-state index in [2.05, 4.69) is 20.7 Å². The Hall–Kier alpha value is -1.53. The number of halogens is 1. The average molecular weight is 427 g/mol. The fourth-order valence-corrected chi connectivity index (χ4v) is 3.04. The van der Waals surface area contributed by atoms with Gasteiger partial charge in [-0.25, -0.2) is 0 Å². The molecule has 0 fully saturated rings. The normalized spacial score (nSPS) is 19.6. The summed E-state index contributed by atoms with van der Waals surface area (Å²) in [5.74, 6) is -7.51.